The van der Waals surface area contributed by atoms with Crippen LogP contribution in [0.5, 0.6) is 0 Å². The first-order valence-corrected chi connectivity index (χ1v) is 4.52. The van der Waals surface area contributed by atoms with Crippen LogP contribution in [0.2, 0.25) is 0 Å². The maximum absolute atomic E-state index is 11.1. The predicted molar refractivity (Wildman–Crippen MR) is 52.1 cm³/mol. The Morgan fingerprint density at radius 3 is 2.40 bits per heavy atom. The highest BCUT2D eigenvalue weighted by atomic mass is 16.4. The molecule has 15 heavy (non-hydrogen) atoms. The Morgan fingerprint density at radius 1 is 1.40 bits per heavy atom. The zero-order valence-corrected chi connectivity index (χ0v) is 8.45. The average Bonchev–Trinajstić information content (AvgIpc) is 2.13. The number of carbonyl (C=O) groups excluding carboxylic acids is 2. The summed E-state index contributed by atoms with van der Waals surface area (Å²) in [6, 6.07) is -1.54. The summed E-state index contributed by atoms with van der Waals surface area (Å²) in [6.45, 7) is 1.74. The fourth-order valence-corrected chi connectivity index (χ4v) is 0.847. The number of aliphatic carboxylic acids is 1. The highest BCUT2D eigenvalue weighted by Gasteiger charge is 2.16. The van der Waals surface area contributed by atoms with Crippen LogP contribution >= 0.6 is 0 Å². The summed E-state index contributed by atoms with van der Waals surface area (Å²) in [6.07, 6.45) is 0.315. The van der Waals surface area contributed by atoms with Crippen LogP contribution in [0.25, 0.3) is 0 Å². The van der Waals surface area contributed by atoms with Crippen LogP contribution < -0.4 is 16.4 Å². The number of primary amides is 1. The molecule has 5 N–H and O–H groups in total. The summed E-state index contributed by atoms with van der Waals surface area (Å²) in [5, 5.41) is 13.2. The Hall–Kier alpha value is -1.79. The third-order valence-electron chi connectivity index (χ3n) is 1.67. The highest BCUT2D eigenvalue weighted by Crippen LogP contribution is 1.90. The second kappa shape index (κ2) is 6.63. The van der Waals surface area contributed by atoms with Gasteiger partial charge < -0.3 is 21.5 Å². The first-order valence-electron chi connectivity index (χ1n) is 4.52. The summed E-state index contributed by atoms with van der Waals surface area (Å²) in [5.41, 5.74) is 4.85. The molecule has 0 fully saturated rings. The molecule has 0 aromatic heterocycles. The molecule has 0 aromatic rings. The van der Waals surface area contributed by atoms with Crippen molar-refractivity contribution in [1.82, 2.24) is 10.6 Å². The predicted octanol–water partition coefficient (Wildman–Crippen LogP) is -0.976. The van der Waals surface area contributed by atoms with Crippen molar-refractivity contribution < 1.29 is 19.5 Å². The number of nitrogens with one attached hydrogen (secondary N) is 2. The number of carboxylic acid groups (broad SMARTS) is 1. The Bertz CT molecular complexity index is 254. The number of hydrogen-bond acceptors (Lipinski definition) is 3. The smallest absolute Gasteiger partial charge is 0.326 e. The van der Waals surface area contributed by atoms with E-state index in [0.717, 1.165) is 0 Å². The minimum absolute atomic E-state index is 0.0251. The molecule has 0 rings (SSSR count). The SMILES string of the molecule is CC[C@H](NC(=O)NCCC(N)=O)C(=O)O. The van der Waals surface area contributed by atoms with Gasteiger partial charge in [-0.05, 0) is 6.42 Å². The van der Waals surface area contributed by atoms with Gasteiger partial charge in [-0.1, -0.05) is 6.92 Å². The molecule has 0 spiro atoms. The summed E-state index contributed by atoms with van der Waals surface area (Å²) >= 11 is 0. The van der Waals surface area contributed by atoms with Crippen molar-refractivity contribution in [1.29, 1.82) is 0 Å². The number of carbonyl (C=O) groups is 3. The Kier molecular flexibility index (Phi) is 5.84. The molecule has 3 amide bonds. The van der Waals surface area contributed by atoms with Gasteiger partial charge in [0.25, 0.3) is 0 Å². The number of carboxylic acids is 1. The van der Waals surface area contributed by atoms with Gasteiger partial charge in [0, 0.05) is 13.0 Å². The topological polar surface area (TPSA) is 122 Å². The number of amides is 3. The number of hydrogen-bond donors (Lipinski definition) is 4. The molecule has 0 saturated carbocycles. The summed E-state index contributed by atoms with van der Waals surface area (Å²) in [7, 11) is 0. The molecule has 86 valence electrons. The Labute approximate surface area is 87.0 Å². The lowest BCUT2D eigenvalue weighted by atomic mass is 10.2. The highest BCUT2D eigenvalue weighted by molar-refractivity contribution is 5.82. The summed E-state index contributed by atoms with van der Waals surface area (Å²) < 4.78 is 0. The third kappa shape index (κ3) is 6.30. The number of nitrogens with two attached hydrogens (primary N) is 1. The van der Waals surface area contributed by atoms with Gasteiger partial charge in [-0.15, -0.1) is 0 Å². The maximum atomic E-state index is 11.1. The van der Waals surface area contributed by atoms with Crippen molar-refractivity contribution in [3.63, 3.8) is 0 Å². The average molecular weight is 217 g/mol. The zero-order valence-electron chi connectivity index (χ0n) is 8.45. The van der Waals surface area contributed by atoms with Crippen molar-refractivity contribution in [2.45, 2.75) is 25.8 Å². The molecule has 0 radical (unpaired) electrons. The Balaban J connectivity index is 3.81. The summed E-state index contributed by atoms with van der Waals surface area (Å²) in [4.78, 5) is 31.9. The second-order valence-electron chi connectivity index (χ2n) is 2.92. The number of rotatable bonds is 6. The lowest BCUT2D eigenvalue weighted by Gasteiger charge is -2.12. The van der Waals surface area contributed by atoms with E-state index < -0.39 is 23.9 Å². The third-order valence-corrected chi connectivity index (χ3v) is 1.67. The van der Waals surface area contributed by atoms with E-state index in [-0.39, 0.29) is 13.0 Å². The molecule has 0 saturated heterocycles. The lowest BCUT2D eigenvalue weighted by molar-refractivity contribution is -0.139. The molecule has 0 bridgehead atoms. The van der Waals surface area contributed by atoms with E-state index in [2.05, 4.69) is 10.6 Å². The maximum Gasteiger partial charge on any atom is 0.326 e. The standard InChI is InChI=1S/C8H15N3O4/c1-2-5(7(13)14)11-8(15)10-4-3-6(9)12/h5H,2-4H2,1H3,(H2,9,12)(H,13,14)(H2,10,11,15)/t5-/m0/s1. The second-order valence-corrected chi connectivity index (χ2v) is 2.92. The van der Waals surface area contributed by atoms with Gasteiger partial charge in [-0.3, -0.25) is 4.79 Å². The van der Waals surface area contributed by atoms with Crippen LogP contribution in [0.1, 0.15) is 19.8 Å². The minimum atomic E-state index is -1.09. The molecule has 0 aliphatic carbocycles. The van der Waals surface area contributed by atoms with Crippen LogP contribution in [0.3, 0.4) is 0 Å². The van der Waals surface area contributed by atoms with Crippen LogP contribution in [-0.2, 0) is 9.59 Å². The van der Waals surface area contributed by atoms with Crippen LogP contribution in [0.15, 0.2) is 0 Å². The molecule has 1 atom stereocenters. The molecule has 0 aliphatic rings. The van der Waals surface area contributed by atoms with Gasteiger partial charge >= 0.3 is 12.0 Å². The van der Waals surface area contributed by atoms with Crippen molar-refractivity contribution in [2.75, 3.05) is 6.54 Å². The van der Waals surface area contributed by atoms with Gasteiger partial charge in [0.05, 0.1) is 0 Å². The fraction of sp³-hybridized carbons (Fsp3) is 0.625. The van der Waals surface area contributed by atoms with E-state index in [0.29, 0.717) is 6.42 Å². The quantitative estimate of drug-likeness (QED) is 0.457. The zero-order chi connectivity index (χ0) is 11.8. The minimum Gasteiger partial charge on any atom is -0.480 e. The molecule has 7 heteroatoms. The lowest BCUT2D eigenvalue weighted by Crippen LogP contribution is -2.46. The van der Waals surface area contributed by atoms with Gasteiger partial charge in [0.2, 0.25) is 5.91 Å². The van der Waals surface area contributed by atoms with E-state index in [1.807, 2.05) is 0 Å². The first-order chi connectivity index (χ1) is 6.97. The van der Waals surface area contributed by atoms with E-state index in [4.69, 9.17) is 10.8 Å². The first kappa shape index (κ1) is 13.2. The molecular weight excluding hydrogens is 202 g/mol. The van der Waals surface area contributed by atoms with Crippen molar-refractivity contribution in [3.8, 4) is 0 Å². The van der Waals surface area contributed by atoms with Crippen molar-refractivity contribution in [3.05, 3.63) is 0 Å². The fourth-order valence-electron chi connectivity index (χ4n) is 0.847. The molecule has 7 nitrogen and oxygen atoms in total. The van der Waals surface area contributed by atoms with Crippen molar-refractivity contribution >= 4 is 17.9 Å². The summed E-state index contributed by atoms with van der Waals surface area (Å²) in [5.74, 6) is -1.62. The van der Waals surface area contributed by atoms with Crippen LogP contribution in [0, 0.1) is 0 Å². The van der Waals surface area contributed by atoms with Crippen LogP contribution in [0.4, 0.5) is 4.79 Å². The molecule has 0 aliphatic heterocycles. The van der Waals surface area contributed by atoms with E-state index >= 15 is 0 Å². The normalized spacial score (nSPS) is 11.5. The molecule has 0 heterocycles. The molecule has 0 unspecified atom stereocenters. The molecular formula is C8H15N3O4. The number of urea groups is 1. The van der Waals surface area contributed by atoms with Gasteiger partial charge in [0.1, 0.15) is 6.04 Å². The van der Waals surface area contributed by atoms with Crippen molar-refractivity contribution in [2.24, 2.45) is 5.73 Å². The van der Waals surface area contributed by atoms with E-state index in [1.165, 1.54) is 0 Å². The van der Waals surface area contributed by atoms with E-state index in [9.17, 15) is 14.4 Å². The van der Waals surface area contributed by atoms with Gasteiger partial charge in [0.15, 0.2) is 0 Å². The van der Waals surface area contributed by atoms with Gasteiger partial charge in [-0.25, -0.2) is 9.59 Å². The Morgan fingerprint density at radius 2 is 2.00 bits per heavy atom. The van der Waals surface area contributed by atoms with Gasteiger partial charge in [-0.2, -0.15) is 0 Å². The largest absolute Gasteiger partial charge is 0.480 e. The monoisotopic (exact) mass is 217 g/mol. The van der Waals surface area contributed by atoms with E-state index in [1.54, 1.807) is 6.92 Å². The molecule has 0 aromatic carbocycles. The van der Waals surface area contributed by atoms with Crippen LogP contribution in [-0.4, -0.2) is 35.6 Å².